The highest BCUT2D eigenvalue weighted by atomic mass is 32.1. The van der Waals surface area contributed by atoms with Gasteiger partial charge in [-0.15, -0.1) is 0 Å². The van der Waals surface area contributed by atoms with Gasteiger partial charge >= 0.3 is 0 Å². The minimum Gasteiger partial charge on any atom is -0.493 e. The third kappa shape index (κ3) is 3.23. The number of hydrogen-bond acceptors (Lipinski definition) is 7. The van der Waals surface area contributed by atoms with Gasteiger partial charge in [0.15, 0.2) is 17.3 Å². The monoisotopic (exact) mass is 435 g/mol. The number of para-hydroxylation sites is 1. The number of thiazole rings is 1. The van der Waals surface area contributed by atoms with E-state index in [4.69, 9.17) is 19.2 Å². The first-order valence-corrected chi connectivity index (χ1v) is 10.7. The van der Waals surface area contributed by atoms with Crippen molar-refractivity contribution in [2.75, 3.05) is 21.3 Å². The van der Waals surface area contributed by atoms with Crippen LogP contribution in [0.4, 0.5) is 0 Å². The van der Waals surface area contributed by atoms with E-state index in [2.05, 4.69) is 5.10 Å². The lowest BCUT2D eigenvalue weighted by Crippen LogP contribution is -2.20. The fourth-order valence-electron chi connectivity index (χ4n) is 4.13. The predicted octanol–water partition coefficient (Wildman–Crippen LogP) is 4.42. The molecule has 8 heteroatoms. The fourth-order valence-corrected chi connectivity index (χ4v) is 5.08. The number of aromatic nitrogens is 3. The van der Waals surface area contributed by atoms with Crippen molar-refractivity contribution in [3.8, 4) is 22.4 Å². The smallest absolute Gasteiger partial charge is 0.211 e. The molecular formula is C23H21N3O4S. The lowest BCUT2D eigenvalue weighted by molar-refractivity contribution is 0.0963. The molecule has 0 unspecified atom stereocenters. The minimum absolute atomic E-state index is 0.0291. The van der Waals surface area contributed by atoms with E-state index in [1.807, 2.05) is 41.1 Å². The second-order valence-corrected chi connectivity index (χ2v) is 8.38. The molecular weight excluding hydrogens is 414 g/mol. The molecule has 1 aliphatic rings. The van der Waals surface area contributed by atoms with Crippen molar-refractivity contribution in [3.05, 3.63) is 59.4 Å². The first-order chi connectivity index (χ1) is 15.1. The van der Waals surface area contributed by atoms with Crippen molar-refractivity contribution in [2.24, 2.45) is 0 Å². The largest absolute Gasteiger partial charge is 0.493 e. The Labute approximate surface area is 183 Å². The van der Waals surface area contributed by atoms with Crippen molar-refractivity contribution in [1.82, 2.24) is 14.8 Å². The van der Waals surface area contributed by atoms with E-state index in [1.54, 1.807) is 38.9 Å². The molecule has 7 nitrogen and oxygen atoms in total. The fraction of sp³-hybridized carbons (Fsp3) is 0.261. The normalized spacial score (nSPS) is 15.7. The number of hydrogen-bond donors (Lipinski definition) is 0. The van der Waals surface area contributed by atoms with Crippen molar-refractivity contribution in [1.29, 1.82) is 0 Å². The molecule has 0 N–H and O–H groups in total. The molecule has 0 saturated carbocycles. The Kier molecular flexibility index (Phi) is 4.86. The Bertz CT molecular complexity index is 1240. The SMILES string of the molecule is COc1cc([C@@H]2CC(=O)c3cnn(-c4nc5ccccc5s4)c3C2)cc(OC)c1OC. The molecule has 0 aliphatic heterocycles. The number of carbonyl (C=O) groups is 1. The first-order valence-electron chi connectivity index (χ1n) is 9.89. The standard InChI is InChI=1S/C23H21N3O4S/c1-28-19-10-14(11-20(29-2)22(19)30-3)13-8-17-15(18(27)9-13)12-24-26(17)23-25-16-6-4-5-7-21(16)31-23/h4-7,10-13H,8-9H2,1-3H3/t13-/m0/s1. The van der Waals surface area contributed by atoms with Crippen molar-refractivity contribution in [3.63, 3.8) is 0 Å². The van der Waals surface area contributed by atoms with Crippen LogP contribution >= 0.6 is 11.3 Å². The second-order valence-electron chi connectivity index (χ2n) is 7.37. The Morgan fingerprint density at radius 3 is 2.45 bits per heavy atom. The van der Waals surface area contributed by atoms with Gasteiger partial charge in [0.2, 0.25) is 10.9 Å². The zero-order chi connectivity index (χ0) is 21.5. The summed E-state index contributed by atoms with van der Waals surface area (Å²) in [6.07, 6.45) is 2.72. The number of rotatable bonds is 5. The van der Waals surface area contributed by atoms with Crippen LogP contribution in [0, 0.1) is 0 Å². The van der Waals surface area contributed by atoms with Crippen molar-refractivity contribution >= 4 is 27.3 Å². The molecule has 5 rings (SSSR count). The third-order valence-corrected chi connectivity index (χ3v) is 6.68. The summed E-state index contributed by atoms with van der Waals surface area (Å²) in [7, 11) is 4.76. The van der Waals surface area contributed by atoms with Gasteiger partial charge in [0.1, 0.15) is 0 Å². The van der Waals surface area contributed by atoms with Crippen LogP contribution in [0.2, 0.25) is 0 Å². The Balaban J connectivity index is 1.56. The van der Waals surface area contributed by atoms with Gasteiger partial charge in [0.25, 0.3) is 0 Å². The number of ether oxygens (including phenoxy) is 3. The summed E-state index contributed by atoms with van der Waals surface area (Å²) in [4.78, 5) is 17.7. The molecule has 4 aromatic rings. The Morgan fingerprint density at radius 1 is 1.03 bits per heavy atom. The van der Waals surface area contributed by atoms with Gasteiger partial charge in [-0.05, 0) is 42.2 Å². The van der Waals surface area contributed by atoms with Crippen LogP contribution < -0.4 is 14.2 Å². The number of benzene rings is 2. The average Bonchev–Trinajstić information content (AvgIpc) is 3.42. The molecule has 0 spiro atoms. The summed E-state index contributed by atoms with van der Waals surface area (Å²) in [5.41, 5.74) is 3.44. The molecule has 0 amide bonds. The van der Waals surface area contributed by atoms with Crippen molar-refractivity contribution in [2.45, 2.75) is 18.8 Å². The lowest BCUT2D eigenvalue weighted by atomic mass is 9.82. The summed E-state index contributed by atoms with van der Waals surface area (Å²) in [5, 5.41) is 5.28. The molecule has 0 bridgehead atoms. The van der Waals surface area contributed by atoms with Gasteiger partial charge in [-0.3, -0.25) is 4.79 Å². The maximum Gasteiger partial charge on any atom is 0.211 e. The van der Waals surface area contributed by atoms with E-state index in [0.29, 0.717) is 35.7 Å². The maximum atomic E-state index is 13.0. The first kappa shape index (κ1) is 19.6. The number of methoxy groups -OCH3 is 3. The minimum atomic E-state index is -0.0291. The van der Waals surface area contributed by atoms with Crippen LogP contribution in [-0.4, -0.2) is 41.9 Å². The summed E-state index contributed by atoms with van der Waals surface area (Å²) in [5.74, 6) is 1.74. The molecule has 2 aromatic carbocycles. The molecule has 0 fully saturated rings. The highest BCUT2D eigenvalue weighted by Crippen LogP contribution is 2.43. The van der Waals surface area contributed by atoms with Gasteiger partial charge in [-0.25, -0.2) is 9.67 Å². The Hall–Kier alpha value is -3.39. The maximum absolute atomic E-state index is 13.0. The molecule has 0 saturated heterocycles. The molecule has 2 aromatic heterocycles. The van der Waals surface area contributed by atoms with E-state index in [0.717, 1.165) is 26.6 Å². The zero-order valence-electron chi connectivity index (χ0n) is 17.4. The predicted molar refractivity (Wildman–Crippen MR) is 118 cm³/mol. The quantitative estimate of drug-likeness (QED) is 0.462. The summed E-state index contributed by atoms with van der Waals surface area (Å²) in [6.45, 7) is 0. The van der Waals surface area contributed by atoms with E-state index in [9.17, 15) is 4.79 Å². The summed E-state index contributed by atoms with van der Waals surface area (Å²) in [6, 6.07) is 11.8. The van der Waals surface area contributed by atoms with Crippen LogP contribution in [-0.2, 0) is 6.42 Å². The number of fused-ring (bicyclic) bond motifs is 2. The number of Topliss-reactive ketones (excluding diaryl/α,β-unsaturated/α-hetero) is 1. The second kappa shape index (κ2) is 7.70. The molecule has 1 aliphatic carbocycles. The van der Waals surface area contributed by atoms with Gasteiger partial charge in [0.05, 0.1) is 49.0 Å². The average molecular weight is 436 g/mol. The highest BCUT2D eigenvalue weighted by molar-refractivity contribution is 7.20. The number of ketones is 1. The molecule has 158 valence electrons. The van der Waals surface area contributed by atoms with E-state index < -0.39 is 0 Å². The Morgan fingerprint density at radius 2 is 1.77 bits per heavy atom. The van der Waals surface area contributed by atoms with Crippen LogP contribution in [0.3, 0.4) is 0 Å². The van der Waals surface area contributed by atoms with E-state index in [-0.39, 0.29) is 11.7 Å². The van der Waals surface area contributed by atoms with E-state index >= 15 is 0 Å². The summed E-state index contributed by atoms with van der Waals surface area (Å²) < 4.78 is 19.3. The van der Waals surface area contributed by atoms with Crippen LogP contribution in [0.15, 0.2) is 42.6 Å². The molecule has 1 atom stereocenters. The third-order valence-electron chi connectivity index (χ3n) is 5.66. The molecule has 0 radical (unpaired) electrons. The highest BCUT2D eigenvalue weighted by Gasteiger charge is 2.32. The van der Waals surface area contributed by atoms with Gasteiger partial charge < -0.3 is 14.2 Å². The lowest BCUT2D eigenvalue weighted by Gasteiger charge is -2.24. The topological polar surface area (TPSA) is 75.5 Å². The number of nitrogens with zero attached hydrogens (tertiary/aromatic N) is 3. The van der Waals surface area contributed by atoms with E-state index in [1.165, 1.54) is 0 Å². The van der Waals surface area contributed by atoms with Crippen LogP contribution in [0.25, 0.3) is 15.3 Å². The molecule has 31 heavy (non-hydrogen) atoms. The van der Waals surface area contributed by atoms with Crippen molar-refractivity contribution < 1.29 is 19.0 Å². The van der Waals surface area contributed by atoms with Crippen LogP contribution in [0.5, 0.6) is 17.2 Å². The number of carbonyl (C=O) groups excluding carboxylic acids is 1. The molecule has 2 heterocycles. The summed E-state index contributed by atoms with van der Waals surface area (Å²) >= 11 is 1.56. The van der Waals surface area contributed by atoms with Crippen LogP contribution in [0.1, 0.15) is 34.0 Å². The van der Waals surface area contributed by atoms with Gasteiger partial charge in [0, 0.05) is 6.42 Å². The van der Waals surface area contributed by atoms with Gasteiger partial charge in [-0.1, -0.05) is 23.5 Å². The zero-order valence-corrected chi connectivity index (χ0v) is 18.2. The van der Waals surface area contributed by atoms with Gasteiger partial charge in [-0.2, -0.15) is 5.10 Å².